The van der Waals surface area contributed by atoms with Gasteiger partial charge in [-0.2, -0.15) is 10.2 Å². The number of rotatable bonds is 3. The molecule has 0 unspecified atom stereocenters. The number of nitrogens with one attached hydrogen (secondary N) is 1. The molecule has 2 aliphatic heterocycles. The third kappa shape index (κ3) is 4.17. The Morgan fingerprint density at radius 3 is 2.69 bits per heavy atom. The van der Waals surface area contributed by atoms with Crippen LogP contribution in [0.15, 0.2) is 60.9 Å². The fraction of sp³-hybridized carbons (Fsp3) is 0.379. The number of likely N-dealkylation sites (tertiary alicyclic amines) is 1. The van der Waals surface area contributed by atoms with Gasteiger partial charge < -0.3 is 10.2 Å². The van der Waals surface area contributed by atoms with Crippen LogP contribution in [0.4, 0.5) is 10.6 Å². The Kier molecular flexibility index (Phi) is 6.23. The van der Waals surface area contributed by atoms with Crippen LogP contribution in [0.3, 0.4) is 0 Å². The van der Waals surface area contributed by atoms with Crippen molar-refractivity contribution < 1.29 is 4.79 Å². The third-order valence-electron chi connectivity index (χ3n) is 7.80. The van der Waals surface area contributed by atoms with Gasteiger partial charge in [0.05, 0.1) is 17.9 Å². The van der Waals surface area contributed by atoms with Gasteiger partial charge in [0.2, 0.25) is 0 Å². The van der Waals surface area contributed by atoms with Gasteiger partial charge in [-0.25, -0.2) is 9.78 Å². The molecule has 0 radical (unpaired) electrons. The first-order valence-electron chi connectivity index (χ1n) is 13.0. The summed E-state index contributed by atoms with van der Waals surface area (Å²) in [4.78, 5) is 23.0. The standard InChI is InChI=1S/C29H32N6O/c1-20-6-4-8-21-11-15-31-28(26(20)21)35(24-9-5-14-30-19-24)29(36)34-16-12-22(13-17-34)27-25-10-3-2-7-23(25)18-32-33-27/h2-4,6-8,10-11,15,18,22,24,30H,5,9,12-14,16-17,19H2,1H3/t24-/m1/s1. The van der Waals surface area contributed by atoms with Crippen LogP contribution in [0.25, 0.3) is 21.5 Å². The number of aromatic nitrogens is 3. The van der Waals surface area contributed by atoms with Gasteiger partial charge in [0.25, 0.3) is 0 Å². The normalized spacial score (nSPS) is 19.0. The van der Waals surface area contributed by atoms with Gasteiger partial charge in [-0.15, -0.1) is 0 Å². The SMILES string of the molecule is Cc1cccc2ccnc(N(C(=O)N3CCC(c4nncc5ccccc45)CC3)[C@@H]3CCCNC3)c12. The van der Waals surface area contributed by atoms with E-state index in [9.17, 15) is 4.79 Å². The number of nitrogens with zero attached hydrogens (tertiary/aromatic N) is 5. The molecule has 2 saturated heterocycles. The zero-order chi connectivity index (χ0) is 24.5. The molecule has 2 aromatic carbocycles. The average molecular weight is 481 g/mol. The summed E-state index contributed by atoms with van der Waals surface area (Å²) in [6.07, 6.45) is 7.46. The van der Waals surface area contributed by atoms with Crippen LogP contribution in [0.1, 0.15) is 42.9 Å². The van der Waals surface area contributed by atoms with E-state index in [1.165, 1.54) is 5.39 Å². The summed E-state index contributed by atoms with van der Waals surface area (Å²) in [5.41, 5.74) is 2.20. The number of anilines is 1. The molecule has 0 spiro atoms. The van der Waals surface area contributed by atoms with Crippen molar-refractivity contribution in [1.82, 2.24) is 25.4 Å². The monoisotopic (exact) mass is 480 g/mol. The van der Waals surface area contributed by atoms with Crippen LogP contribution in [0.5, 0.6) is 0 Å². The minimum absolute atomic E-state index is 0.0643. The van der Waals surface area contributed by atoms with Crippen LogP contribution in [-0.4, -0.2) is 58.3 Å². The highest BCUT2D eigenvalue weighted by Crippen LogP contribution is 2.34. The molecule has 4 aromatic rings. The highest BCUT2D eigenvalue weighted by Gasteiger charge is 2.35. The predicted octanol–water partition coefficient (Wildman–Crippen LogP) is 5.04. The molecule has 7 heteroatoms. The lowest BCUT2D eigenvalue weighted by molar-refractivity contribution is 0.183. The topological polar surface area (TPSA) is 74.2 Å². The smallest absolute Gasteiger partial charge is 0.324 e. The van der Waals surface area contributed by atoms with Crippen molar-refractivity contribution in [2.45, 2.75) is 44.6 Å². The second-order valence-corrected chi connectivity index (χ2v) is 10.0. The van der Waals surface area contributed by atoms with E-state index in [1.807, 2.05) is 34.3 Å². The van der Waals surface area contributed by atoms with E-state index >= 15 is 0 Å². The summed E-state index contributed by atoms with van der Waals surface area (Å²) in [6, 6.07) is 16.8. The quantitative estimate of drug-likeness (QED) is 0.444. The molecule has 6 rings (SSSR count). The largest absolute Gasteiger partial charge is 0.325 e. The molecule has 184 valence electrons. The first-order chi connectivity index (χ1) is 17.7. The lowest BCUT2D eigenvalue weighted by Gasteiger charge is -2.40. The first-order valence-corrected chi connectivity index (χ1v) is 13.0. The maximum absolute atomic E-state index is 14.2. The minimum Gasteiger partial charge on any atom is -0.324 e. The van der Waals surface area contributed by atoms with Gasteiger partial charge in [-0.3, -0.25) is 4.90 Å². The molecular weight excluding hydrogens is 448 g/mol. The Labute approximate surface area is 211 Å². The molecule has 36 heavy (non-hydrogen) atoms. The lowest BCUT2D eigenvalue weighted by Crippen LogP contribution is -2.55. The van der Waals surface area contributed by atoms with E-state index in [1.54, 1.807) is 0 Å². The summed E-state index contributed by atoms with van der Waals surface area (Å²) < 4.78 is 0. The molecule has 2 fully saturated rings. The molecule has 1 N–H and O–H groups in total. The molecule has 4 heterocycles. The van der Waals surface area contributed by atoms with Crippen molar-refractivity contribution in [3.8, 4) is 0 Å². The molecule has 0 aliphatic carbocycles. The highest BCUT2D eigenvalue weighted by atomic mass is 16.2. The maximum atomic E-state index is 14.2. The van der Waals surface area contributed by atoms with Crippen molar-refractivity contribution in [2.24, 2.45) is 0 Å². The molecule has 0 bridgehead atoms. The number of hydrogen-bond donors (Lipinski definition) is 1. The highest BCUT2D eigenvalue weighted by molar-refractivity contribution is 6.03. The van der Waals surface area contributed by atoms with E-state index in [-0.39, 0.29) is 12.1 Å². The number of benzene rings is 2. The summed E-state index contributed by atoms with van der Waals surface area (Å²) in [5.74, 6) is 1.08. The van der Waals surface area contributed by atoms with Crippen molar-refractivity contribution >= 4 is 33.4 Å². The second-order valence-electron chi connectivity index (χ2n) is 10.0. The van der Waals surface area contributed by atoms with Gasteiger partial charge in [0.1, 0.15) is 5.82 Å². The Morgan fingerprint density at radius 2 is 1.86 bits per heavy atom. The van der Waals surface area contributed by atoms with Crippen molar-refractivity contribution in [3.05, 3.63) is 72.2 Å². The van der Waals surface area contributed by atoms with Gasteiger partial charge in [-0.1, -0.05) is 42.5 Å². The summed E-state index contributed by atoms with van der Waals surface area (Å²) in [5, 5.41) is 16.7. The Hall–Kier alpha value is -3.58. The van der Waals surface area contributed by atoms with Crippen LogP contribution in [-0.2, 0) is 0 Å². The van der Waals surface area contributed by atoms with Gasteiger partial charge in [-0.05, 0) is 56.2 Å². The van der Waals surface area contributed by atoms with Crippen molar-refractivity contribution in [3.63, 3.8) is 0 Å². The number of urea groups is 1. The van der Waals surface area contributed by atoms with Crippen LogP contribution in [0.2, 0.25) is 0 Å². The molecule has 0 saturated carbocycles. The number of amides is 2. The number of carbonyl (C=O) groups excluding carboxylic acids is 1. The number of fused-ring (bicyclic) bond motifs is 2. The zero-order valence-electron chi connectivity index (χ0n) is 20.7. The number of piperidine rings is 2. The molecule has 2 amide bonds. The van der Waals surface area contributed by atoms with Gasteiger partial charge in [0.15, 0.2) is 0 Å². The summed E-state index contributed by atoms with van der Waals surface area (Å²) in [6.45, 7) is 5.30. The average Bonchev–Trinajstić information content (AvgIpc) is 2.94. The molecular formula is C29H32N6O. The van der Waals surface area contributed by atoms with Crippen molar-refractivity contribution in [2.75, 3.05) is 31.1 Å². The van der Waals surface area contributed by atoms with E-state index in [2.05, 4.69) is 58.8 Å². The predicted molar refractivity (Wildman–Crippen MR) is 143 cm³/mol. The van der Waals surface area contributed by atoms with E-state index in [4.69, 9.17) is 4.98 Å². The van der Waals surface area contributed by atoms with E-state index < -0.39 is 0 Å². The molecule has 2 aliphatic rings. The Balaban J connectivity index is 1.29. The van der Waals surface area contributed by atoms with Crippen molar-refractivity contribution in [1.29, 1.82) is 0 Å². The van der Waals surface area contributed by atoms with Crippen LogP contribution in [0, 0.1) is 6.92 Å². The van der Waals surface area contributed by atoms with Gasteiger partial charge >= 0.3 is 6.03 Å². The second kappa shape index (κ2) is 9.82. The number of pyridine rings is 1. The van der Waals surface area contributed by atoms with E-state index in [0.29, 0.717) is 19.0 Å². The Bertz CT molecular complexity index is 1380. The summed E-state index contributed by atoms with van der Waals surface area (Å²) in [7, 11) is 0. The van der Waals surface area contributed by atoms with Gasteiger partial charge in [0, 0.05) is 47.9 Å². The lowest BCUT2D eigenvalue weighted by atomic mass is 9.91. The van der Waals surface area contributed by atoms with E-state index in [0.717, 1.165) is 72.0 Å². The number of aryl methyl sites for hydroxylation is 1. The minimum atomic E-state index is 0.0643. The fourth-order valence-electron chi connectivity index (χ4n) is 5.89. The molecule has 7 nitrogen and oxygen atoms in total. The number of carbonyl (C=O) groups is 1. The third-order valence-corrected chi connectivity index (χ3v) is 7.80. The van der Waals surface area contributed by atoms with Crippen LogP contribution < -0.4 is 10.2 Å². The maximum Gasteiger partial charge on any atom is 0.325 e. The number of hydrogen-bond acceptors (Lipinski definition) is 5. The van der Waals surface area contributed by atoms with Crippen LogP contribution >= 0.6 is 0 Å². The molecule has 2 aromatic heterocycles. The fourth-order valence-corrected chi connectivity index (χ4v) is 5.89. The first kappa shape index (κ1) is 22.9. The molecule has 1 atom stereocenters. The summed E-state index contributed by atoms with van der Waals surface area (Å²) >= 11 is 0. The Morgan fingerprint density at radius 1 is 1.03 bits per heavy atom. The zero-order valence-corrected chi connectivity index (χ0v) is 20.7.